The number of aliphatic imine (C=N–C) groups is 1. The molecule has 0 spiro atoms. The maximum atomic E-state index is 13.9. The zero-order valence-corrected chi connectivity index (χ0v) is 15.9. The van der Waals surface area contributed by atoms with E-state index in [0.29, 0.717) is 28.8 Å². The molecule has 0 unspecified atom stereocenters. The molecule has 0 atom stereocenters. The fourth-order valence-corrected chi connectivity index (χ4v) is 2.60. The fraction of sp³-hybridized carbons (Fsp3) is 0.100. The normalized spacial score (nSPS) is 11.0. The van der Waals surface area contributed by atoms with Crippen molar-refractivity contribution >= 4 is 35.7 Å². The number of hydrogen-bond donors (Lipinski definition) is 1. The number of halogens is 3. The third kappa shape index (κ3) is 5.67. The number of amidine groups is 1. The molecule has 2 N–H and O–H groups in total. The van der Waals surface area contributed by atoms with Crippen LogP contribution < -0.4 is 10.5 Å². The van der Waals surface area contributed by atoms with Crippen LogP contribution in [0.5, 0.6) is 5.75 Å². The van der Waals surface area contributed by atoms with Crippen LogP contribution in [-0.4, -0.2) is 10.8 Å². The zero-order valence-electron chi connectivity index (χ0n) is 14.3. The predicted octanol–water partition coefficient (Wildman–Crippen LogP) is 5.11. The molecule has 3 rings (SSSR count). The predicted molar refractivity (Wildman–Crippen MR) is 109 cm³/mol. The average Bonchev–Trinajstić information content (AvgIpc) is 2.63. The number of nitrogens with two attached hydrogens (primary N) is 1. The molecular weight excluding hydrogens is 388 g/mol. The molecule has 0 saturated heterocycles. The van der Waals surface area contributed by atoms with E-state index in [9.17, 15) is 4.39 Å². The lowest BCUT2D eigenvalue weighted by Crippen LogP contribution is -2.14. The van der Waals surface area contributed by atoms with Crippen LogP contribution in [0, 0.1) is 5.82 Å². The van der Waals surface area contributed by atoms with Crippen molar-refractivity contribution in [2.24, 2.45) is 10.7 Å². The zero-order chi connectivity index (χ0) is 18.4. The summed E-state index contributed by atoms with van der Waals surface area (Å²) in [5.74, 6) is 0.731. The van der Waals surface area contributed by atoms with Crippen molar-refractivity contribution in [2.45, 2.75) is 13.0 Å². The maximum absolute atomic E-state index is 13.9. The van der Waals surface area contributed by atoms with Gasteiger partial charge in [-0.2, -0.15) is 0 Å². The van der Waals surface area contributed by atoms with E-state index in [2.05, 4.69) is 9.98 Å². The van der Waals surface area contributed by atoms with Crippen LogP contribution in [0.3, 0.4) is 0 Å². The SMILES string of the molecule is Cl.N/C(Cc1ccccc1)=N\c1ncccc1OCc1c(F)cccc1Cl. The van der Waals surface area contributed by atoms with Crippen LogP contribution in [-0.2, 0) is 13.0 Å². The van der Waals surface area contributed by atoms with Crippen LogP contribution in [0.1, 0.15) is 11.1 Å². The first kappa shape index (κ1) is 20.7. The van der Waals surface area contributed by atoms with Gasteiger partial charge in [-0.05, 0) is 29.8 Å². The van der Waals surface area contributed by atoms with Gasteiger partial charge in [-0.25, -0.2) is 14.4 Å². The molecule has 1 heterocycles. The first-order valence-corrected chi connectivity index (χ1v) is 8.39. The largest absolute Gasteiger partial charge is 0.485 e. The second-order valence-electron chi connectivity index (χ2n) is 5.58. The molecule has 0 bridgehead atoms. The average molecular weight is 406 g/mol. The summed E-state index contributed by atoms with van der Waals surface area (Å²) in [6, 6.07) is 17.7. The smallest absolute Gasteiger partial charge is 0.196 e. The van der Waals surface area contributed by atoms with E-state index in [4.69, 9.17) is 22.1 Å². The molecule has 3 aromatic rings. The van der Waals surface area contributed by atoms with Crippen molar-refractivity contribution in [3.8, 4) is 5.75 Å². The van der Waals surface area contributed by atoms with Gasteiger partial charge in [0.25, 0.3) is 0 Å². The number of aromatic nitrogens is 1. The van der Waals surface area contributed by atoms with Crippen molar-refractivity contribution in [1.82, 2.24) is 4.98 Å². The lowest BCUT2D eigenvalue weighted by molar-refractivity contribution is 0.300. The topological polar surface area (TPSA) is 60.5 Å². The molecule has 1 aromatic heterocycles. The van der Waals surface area contributed by atoms with Crippen LogP contribution in [0.4, 0.5) is 10.2 Å². The van der Waals surface area contributed by atoms with Crippen LogP contribution >= 0.6 is 24.0 Å². The third-order valence-corrected chi connectivity index (χ3v) is 4.02. The number of ether oxygens (including phenoxy) is 1. The molecule has 7 heteroatoms. The Morgan fingerprint density at radius 3 is 2.59 bits per heavy atom. The molecular formula is C20H18Cl2FN3O. The molecule has 0 fully saturated rings. The summed E-state index contributed by atoms with van der Waals surface area (Å²) in [5, 5.41) is 0.308. The number of nitrogens with zero attached hydrogens (tertiary/aromatic N) is 2. The Morgan fingerprint density at radius 1 is 1.07 bits per heavy atom. The Labute approximate surface area is 168 Å². The standard InChI is InChI=1S/C20H17ClFN3O.ClH/c21-16-8-4-9-17(22)15(16)13-26-18-10-5-11-24-20(18)25-19(23)12-14-6-2-1-3-7-14;/h1-11H,12-13H2,(H2,23,24,25);1H. The van der Waals surface area contributed by atoms with Gasteiger partial charge in [-0.3, -0.25) is 0 Å². The summed E-state index contributed by atoms with van der Waals surface area (Å²) in [6.45, 7) is -0.0295. The summed E-state index contributed by atoms with van der Waals surface area (Å²) in [6.07, 6.45) is 2.09. The molecule has 140 valence electrons. The molecule has 0 amide bonds. The Morgan fingerprint density at radius 2 is 1.85 bits per heavy atom. The lowest BCUT2D eigenvalue weighted by atomic mass is 10.1. The lowest BCUT2D eigenvalue weighted by Gasteiger charge is -2.10. The van der Waals surface area contributed by atoms with Crippen molar-refractivity contribution in [1.29, 1.82) is 0 Å². The van der Waals surface area contributed by atoms with Crippen molar-refractivity contribution < 1.29 is 9.13 Å². The Hall–Kier alpha value is -2.63. The number of rotatable bonds is 6. The highest BCUT2D eigenvalue weighted by molar-refractivity contribution is 6.31. The third-order valence-electron chi connectivity index (χ3n) is 3.66. The van der Waals surface area contributed by atoms with Crippen molar-refractivity contribution in [3.05, 3.63) is 88.8 Å². The van der Waals surface area contributed by atoms with Crippen LogP contribution in [0.25, 0.3) is 0 Å². The molecule has 2 aromatic carbocycles. The first-order chi connectivity index (χ1) is 12.6. The quantitative estimate of drug-likeness (QED) is 0.457. The fourth-order valence-electron chi connectivity index (χ4n) is 2.38. The first-order valence-electron chi connectivity index (χ1n) is 8.01. The second kappa shape index (κ2) is 9.90. The highest BCUT2D eigenvalue weighted by Gasteiger charge is 2.10. The van der Waals surface area contributed by atoms with Crippen LogP contribution in [0.15, 0.2) is 71.9 Å². The van der Waals surface area contributed by atoms with Gasteiger partial charge in [0.2, 0.25) is 0 Å². The summed E-state index contributed by atoms with van der Waals surface area (Å²) in [5.41, 5.74) is 7.36. The molecule has 0 aliphatic rings. The number of hydrogen-bond acceptors (Lipinski definition) is 3. The van der Waals surface area contributed by atoms with E-state index in [1.54, 1.807) is 30.5 Å². The van der Waals surface area contributed by atoms with E-state index in [1.807, 2.05) is 30.3 Å². The Bertz CT molecular complexity index is 900. The van der Waals surface area contributed by atoms with Crippen LogP contribution in [0.2, 0.25) is 5.02 Å². The second-order valence-corrected chi connectivity index (χ2v) is 5.99. The molecule has 0 aliphatic carbocycles. The summed E-state index contributed by atoms with van der Waals surface area (Å²) in [7, 11) is 0. The van der Waals surface area contributed by atoms with Crippen molar-refractivity contribution in [3.63, 3.8) is 0 Å². The molecule has 0 saturated carbocycles. The highest BCUT2D eigenvalue weighted by atomic mass is 35.5. The summed E-state index contributed by atoms with van der Waals surface area (Å²) in [4.78, 5) is 8.54. The molecule has 27 heavy (non-hydrogen) atoms. The summed E-state index contributed by atoms with van der Waals surface area (Å²) < 4.78 is 19.6. The minimum absolute atomic E-state index is 0. The van der Waals surface area contributed by atoms with E-state index in [-0.39, 0.29) is 24.6 Å². The number of pyridine rings is 1. The van der Waals surface area contributed by atoms with Crippen molar-refractivity contribution in [2.75, 3.05) is 0 Å². The monoisotopic (exact) mass is 405 g/mol. The van der Waals surface area contributed by atoms with Gasteiger partial charge in [-0.1, -0.05) is 48.0 Å². The highest BCUT2D eigenvalue weighted by Crippen LogP contribution is 2.27. The van der Waals surface area contributed by atoms with Gasteiger partial charge >= 0.3 is 0 Å². The van der Waals surface area contributed by atoms with E-state index >= 15 is 0 Å². The van der Waals surface area contributed by atoms with Gasteiger partial charge in [0.15, 0.2) is 11.6 Å². The van der Waals surface area contributed by atoms with Gasteiger partial charge in [0, 0.05) is 18.2 Å². The Balaban J connectivity index is 0.00000261. The molecule has 0 aliphatic heterocycles. The maximum Gasteiger partial charge on any atom is 0.196 e. The van der Waals surface area contributed by atoms with Gasteiger partial charge < -0.3 is 10.5 Å². The minimum Gasteiger partial charge on any atom is -0.485 e. The van der Waals surface area contributed by atoms with Gasteiger partial charge in [0.1, 0.15) is 18.3 Å². The van der Waals surface area contributed by atoms with E-state index in [1.165, 1.54) is 6.07 Å². The van der Waals surface area contributed by atoms with E-state index in [0.717, 1.165) is 5.56 Å². The Kier molecular flexibility index (Phi) is 7.58. The minimum atomic E-state index is -0.421. The molecule has 4 nitrogen and oxygen atoms in total. The number of benzene rings is 2. The summed E-state index contributed by atoms with van der Waals surface area (Å²) >= 11 is 6.03. The molecule has 0 radical (unpaired) electrons. The van der Waals surface area contributed by atoms with Gasteiger partial charge in [-0.15, -0.1) is 12.4 Å². The van der Waals surface area contributed by atoms with Gasteiger partial charge in [0.05, 0.1) is 5.02 Å². The van der Waals surface area contributed by atoms with E-state index < -0.39 is 5.82 Å².